The first kappa shape index (κ1) is 13.0. The van der Waals surface area contributed by atoms with E-state index in [0.717, 1.165) is 11.1 Å². The lowest BCUT2D eigenvalue weighted by atomic mass is 10.0. The number of carbonyl (C=O) groups is 1. The van der Waals surface area contributed by atoms with E-state index >= 15 is 0 Å². The zero-order valence-corrected chi connectivity index (χ0v) is 10.5. The van der Waals surface area contributed by atoms with Crippen molar-refractivity contribution < 1.29 is 18.3 Å². The number of nitrogens with one attached hydrogen (secondary N) is 1. The number of hydrogen-bond acceptors (Lipinski definition) is 3. The van der Waals surface area contributed by atoms with Gasteiger partial charge in [0.1, 0.15) is 6.54 Å². The number of rotatable bonds is 4. The molecule has 1 heterocycles. The molecule has 1 aromatic carbocycles. The van der Waals surface area contributed by atoms with Crippen LogP contribution in [-0.4, -0.2) is 36.9 Å². The van der Waals surface area contributed by atoms with Crippen molar-refractivity contribution in [3.63, 3.8) is 0 Å². The van der Waals surface area contributed by atoms with Crippen LogP contribution in [-0.2, 0) is 28.0 Å². The number of carboxylic acids is 1. The molecule has 0 radical (unpaired) electrons. The third-order valence-electron chi connectivity index (χ3n) is 2.84. The predicted molar refractivity (Wildman–Crippen MR) is 65.1 cm³/mol. The van der Waals surface area contributed by atoms with E-state index in [1.807, 2.05) is 24.3 Å². The summed E-state index contributed by atoms with van der Waals surface area (Å²) in [6.45, 7) is 0.0531. The van der Waals surface area contributed by atoms with Crippen LogP contribution in [0.25, 0.3) is 0 Å². The molecule has 98 valence electrons. The second kappa shape index (κ2) is 5.05. The summed E-state index contributed by atoms with van der Waals surface area (Å²) in [7, 11) is -3.72. The van der Waals surface area contributed by atoms with Gasteiger partial charge < -0.3 is 5.11 Å². The molecule has 0 saturated heterocycles. The number of benzene rings is 1. The first-order valence-electron chi connectivity index (χ1n) is 5.52. The topological polar surface area (TPSA) is 86.7 Å². The van der Waals surface area contributed by atoms with Gasteiger partial charge in [0.25, 0.3) is 10.2 Å². The van der Waals surface area contributed by atoms with E-state index in [1.54, 1.807) is 0 Å². The maximum absolute atomic E-state index is 11.9. The van der Waals surface area contributed by atoms with Gasteiger partial charge in [-0.3, -0.25) is 4.79 Å². The van der Waals surface area contributed by atoms with Crippen LogP contribution in [0.4, 0.5) is 0 Å². The van der Waals surface area contributed by atoms with Gasteiger partial charge in [-0.25, -0.2) is 0 Å². The molecule has 7 heteroatoms. The highest BCUT2D eigenvalue weighted by Crippen LogP contribution is 2.19. The van der Waals surface area contributed by atoms with Crippen molar-refractivity contribution >= 4 is 16.2 Å². The molecule has 2 N–H and O–H groups in total. The number of hydrogen-bond donors (Lipinski definition) is 2. The van der Waals surface area contributed by atoms with Crippen LogP contribution >= 0.6 is 0 Å². The van der Waals surface area contributed by atoms with Crippen molar-refractivity contribution in [3.05, 3.63) is 35.4 Å². The Balaban J connectivity index is 2.11. The molecule has 0 aliphatic carbocycles. The van der Waals surface area contributed by atoms with Crippen molar-refractivity contribution in [1.82, 2.24) is 9.03 Å². The Hall–Kier alpha value is -1.44. The first-order chi connectivity index (χ1) is 8.49. The fourth-order valence-corrected chi connectivity index (χ4v) is 3.05. The molecular weight excluding hydrogens is 256 g/mol. The summed E-state index contributed by atoms with van der Waals surface area (Å²) >= 11 is 0. The average molecular weight is 270 g/mol. The second-order valence-electron chi connectivity index (χ2n) is 4.07. The summed E-state index contributed by atoms with van der Waals surface area (Å²) in [6, 6.07) is 7.64. The fourth-order valence-electron chi connectivity index (χ4n) is 1.92. The third kappa shape index (κ3) is 2.87. The minimum atomic E-state index is -3.72. The molecule has 1 aromatic rings. The van der Waals surface area contributed by atoms with E-state index in [1.165, 1.54) is 4.31 Å². The number of fused-ring (bicyclic) bond motifs is 1. The zero-order chi connectivity index (χ0) is 13.2. The largest absolute Gasteiger partial charge is 0.480 e. The monoisotopic (exact) mass is 270 g/mol. The van der Waals surface area contributed by atoms with Gasteiger partial charge in [0.15, 0.2) is 0 Å². The van der Waals surface area contributed by atoms with Gasteiger partial charge >= 0.3 is 5.97 Å². The Kier molecular flexibility index (Phi) is 3.65. The van der Waals surface area contributed by atoms with E-state index < -0.39 is 22.7 Å². The lowest BCUT2D eigenvalue weighted by Crippen LogP contribution is -2.44. The van der Waals surface area contributed by atoms with E-state index in [9.17, 15) is 13.2 Å². The molecule has 0 fully saturated rings. The van der Waals surface area contributed by atoms with Gasteiger partial charge in [0.05, 0.1) is 0 Å². The highest BCUT2D eigenvalue weighted by Gasteiger charge is 2.26. The molecule has 0 amide bonds. The highest BCUT2D eigenvalue weighted by molar-refractivity contribution is 7.87. The van der Waals surface area contributed by atoms with Gasteiger partial charge in [-0.1, -0.05) is 24.3 Å². The molecule has 0 unspecified atom stereocenters. The maximum Gasteiger partial charge on any atom is 0.318 e. The minimum absolute atomic E-state index is 0.283. The fraction of sp³-hybridized carbons (Fsp3) is 0.364. The summed E-state index contributed by atoms with van der Waals surface area (Å²) in [6.07, 6.45) is 0.643. The predicted octanol–water partition coefficient (Wildman–Crippen LogP) is -0.0363. The van der Waals surface area contributed by atoms with E-state index in [2.05, 4.69) is 4.72 Å². The van der Waals surface area contributed by atoms with Crippen LogP contribution in [0.5, 0.6) is 0 Å². The standard InChI is InChI=1S/C11H14N2O4S/c14-11(15)7-12-18(16,17)13-6-5-9-3-1-2-4-10(9)8-13/h1-4,12H,5-8H2,(H,14,15). The molecule has 18 heavy (non-hydrogen) atoms. The van der Waals surface area contributed by atoms with Crippen LogP contribution in [0.1, 0.15) is 11.1 Å². The quantitative estimate of drug-likeness (QED) is 0.804. The van der Waals surface area contributed by atoms with Gasteiger partial charge in [-0.15, -0.1) is 0 Å². The Morgan fingerprint density at radius 1 is 1.33 bits per heavy atom. The Bertz CT molecular complexity index is 556. The summed E-state index contributed by atoms with van der Waals surface area (Å²) in [5.74, 6) is -1.20. The van der Waals surface area contributed by atoms with Crippen molar-refractivity contribution in [2.45, 2.75) is 13.0 Å². The lowest BCUT2D eigenvalue weighted by molar-refractivity contribution is -0.135. The second-order valence-corrected chi connectivity index (χ2v) is 5.83. The summed E-state index contributed by atoms with van der Waals surface area (Å²) in [4.78, 5) is 10.4. The Morgan fingerprint density at radius 2 is 2.00 bits per heavy atom. The molecule has 2 rings (SSSR count). The summed E-state index contributed by atoms with van der Waals surface area (Å²) < 4.78 is 27.0. The van der Waals surface area contributed by atoms with Gasteiger partial charge in [0.2, 0.25) is 0 Å². The molecule has 0 saturated carbocycles. The molecule has 0 aromatic heterocycles. The molecular formula is C11H14N2O4S. The number of aliphatic carboxylic acids is 1. The maximum atomic E-state index is 11.9. The van der Waals surface area contributed by atoms with Crippen molar-refractivity contribution in [3.8, 4) is 0 Å². The highest BCUT2D eigenvalue weighted by atomic mass is 32.2. The SMILES string of the molecule is O=C(O)CNS(=O)(=O)N1CCc2ccccc2C1. The van der Waals surface area contributed by atoms with Crippen LogP contribution in [0.15, 0.2) is 24.3 Å². The normalized spacial score (nSPS) is 16.2. The summed E-state index contributed by atoms with van der Waals surface area (Å²) in [5, 5.41) is 8.49. The number of carboxylic acid groups (broad SMARTS) is 1. The smallest absolute Gasteiger partial charge is 0.318 e. The molecule has 0 bridgehead atoms. The molecule has 0 spiro atoms. The Labute approximate surface area is 105 Å². The van der Waals surface area contributed by atoms with Crippen LogP contribution in [0, 0.1) is 0 Å². The molecule has 0 atom stereocenters. The Morgan fingerprint density at radius 3 is 2.67 bits per heavy atom. The average Bonchev–Trinajstić information content (AvgIpc) is 2.36. The van der Waals surface area contributed by atoms with Crippen LogP contribution in [0.2, 0.25) is 0 Å². The minimum Gasteiger partial charge on any atom is -0.480 e. The first-order valence-corrected chi connectivity index (χ1v) is 6.96. The van der Waals surface area contributed by atoms with Crippen LogP contribution in [0.3, 0.4) is 0 Å². The van der Waals surface area contributed by atoms with Crippen molar-refractivity contribution in [2.75, 3.05) is 13.1 Å². The van der Waals surface area contributed by atoms with Gasteiger partial charge in [-0.2, -0.15) is 17.4 Å². The van der Waals surface area contributed by atoms with Crippen molar-refractivity contribution in [2.24, 2.45) is 0 Å². The molecule has 1 aliphatic rings. The molecule has 1 aliphatic heterocycles. The third-order valence-corrected chi connectivity index (χ3v) is 4.34. The van der Waals surface area contributed by atoms with E-state index in [4.69, 9.17) is 5.11 Å². The van der Waals surface area contributed by atoms with E-state index in [-0.39, 0.29) is 6.54 Å². The van der Waals surface area contributed by atoms with E-state index in [0.29, 0.717) is 13.0 Å². The van der Waals surface area contributed by atoms with Crippen molar-refractivity contribution in [1.29, 1.82) is 0 Å². The van der Waals surface area contributed by atoms with Gasteiger partial charge in [0, 0.05) is 13.1 Å². The zero-order valence-electron chi connectivity index (χ0n) is 9.67. The number of nitrogens with zero attached hydrogens (tertiary/aromatic N) is 1. The summed E-state index contributed by atoms with van der Waals surface area (Å²) in [5.41, 5.74) is 2.10. The van der Waals surface area contributed by atoms with Gasteiger partial charge in [-0.05, 0) is 17.5 Å². The van der Waals surface area contributed by atoms with Crippen LogP contribution < -0.4 is 4.72 Å². The lowest BCUT2D eigenvalue weighted by Gasteiger charge is -2.27. The molecule has 6 nitrogen and oxygen atoms in total.